The molecule has 0 radical (unpaired) electrons. The summed E-state index contributed by atoms with van der Waals surface area (Å²) in [5.74, 6) is 0.658. The molecule has 0 fully saturated rings. The molecule has 0 bridgehead atoms. The topological polar surface area (TPSA) is 34.1 Å². The maximum Gasteiger partial charge on any atom is 0.217 e. The van der Waals surface area contributed by atoms with Gasteiger partial charge in [-0.3, -0.25) is 0 Å². The number of nitrogens with zero attached hydrogens (tertiary/aromatic N) is 1. The lowest BCUT2D eigenvalue weighted by molar-refractivity contribution is 0.390. The van der Waals surface area contributed by atoms with Crippen LogP contribution in [-0.2, 0) is 13.1 Å². The second kappa shape index (κ2) is 6.89. The Morgan fingerprint density at radius 1 is 1.26 bits per heavy atom. The van der Waals surface area contributed by atoms with Gasteiger partial charge in [-0.1, -0.05) is 39.7 Å². The van der Waals surface area contributed by atoms with Crippen LogP contribution in [0.4, 0.5) is 0 Å². The number of methoxy groups -OCH3 is 1. The molecule has 5 heteroatoms. The molecule has 1 N–H and O–H groups in total. The molecule has 1 heterocycles. The van der Waals surface area contributed by atoms with E-state index in [2.05, 4.69) is 26.2 Å². The molecule has 2 rings (SSSR count). The van der Waals surface area contributed by atoms with Crippen LogP contribution < -0.4 is 10.1 Å². The van der Waals surface area contributed by atoms with Gasteiger partial charge in [0.2, 0.25) is 5.88 Å². The van der Waals surface area contributed by atoms with Crippen molar-refractivity contribution in [2.45, 2.75) is 13.1 Å². The van der Waals surface area contributed by atoms with Crippen LogP contribution in [-0.4, -0.2) is 12.1 Å². The minimum atomic E-state index is 0.658. The Labute approximate surface area is 126 Å². The molecular weight excluding hydrogens is 328 g/mol. The molecule has 0 saturated heterocycles. The first-order valence-corrected chi connectivity index (χ1v) is 7.00. The summed E-state index contributed by atoms with van der Waals surface area (Å²) in [4.78, 5) is 4.16. The molecule has 0 spiro atoms. The summed E-state index contributed by atoms with van der Waals surface area (Å²) in [6, 6.07) is 9.67. The minimum absolute atomic E-state index is 0.658. The van der Waals surface area contributed by atoms with Gasteiger partial charge in [0.15, 0.2) is 0 Å². The average Bonchev–Trinajstić information content (AvgIpc) is 2.42. The van der Waals surface area contributed by atoms with Crippen molar-refractivity contribution in [1.82, 2.24) is 10.3 Å². The number of nitrogens with one attached hydrogen (secondary N) is 1. The van der Waals surface area contributed by atoms with E-state index in [1.54, 1.807) is 13.3 Å². The van der Waals surface area contributed by atoms with E-state index in [0.717, 1.165) is 27.2 Å². The van der Waals surface area contributed by atoms with Crippen molar-refractivity contribution in [3.05, 3.63) is 57.2 Å². The highest BCUT2D eigenvalue weighted by Crippen LogP contribution is 2.21. The van der Waals surface area contributed by atoms with Crippen LogP contribution in [0.25, 0.3) is 0 Å². The molecule has 0 amide bonds. The quantitative estimate of drug-likeness (QED) is 0.898. The van der Waals surface area contributed by atoms with Crippen LogP contribution in [0.2, 0.25) is 5.02 Å². The van der Waals surface area contributed by atoms with Crippen molar-refractivity contribution in [2.24, 2.45) is 0 Å². The van der Waals surface area contributed by atoms with Gasteiger partial charge in [0.25, 0.3) is 0 Å². The summed E-state index contributed by atoms with van der Waals surface area (Å²) in [7, 11) is 1.63. The second-order valence-corrected chi connectivity index (χ2v) is 5.30. The van der Waals surface area contributed by atoms with Gasteiger partial charge in [0.1, 0.15) is 0 Å². The standard InChI is InChI=1S/C14H14BrClN2O/c1-19-14-11(3-2-6-18-14)9-17-8-10-4-5-12(16)7-13(10)15/h2-7,17H,8-9H2,1H3. The van der Waals surface area contributed by atoms with Gasteiger partial charge in [-0.25, -0.2) is 4.98 Å². The summed E-state index contributed by atoms with van der Waals surface area (Å²) in [5.41, 5.74) is 2.20. The van der Waals surface area contributed by atoms with Crippen molar-refractivity contribution >= 4 is 27.5 Å². The Balaban J connectivity index is 1.96. The van der Waals surface area contributed by atoms with Gasteiger partial charge < -0.3 is 10.1 Å². The largest absolute Gasteiger partial charge is 0.481 e. The lowest BCUT2D eigenvalue weighted by atomic mass is 10.2. The summed E-state index contributed by atoms with van der Waals surface area (Å²) in [6.45, 7) is 1.45. The Morgan fingerprint density at radius 2 is 2.05 bits per heavy atom. The van der Waals surface area contributed by atoms with E-state index in [1.165, 1.54) is 0 Å². The van der Waals surface area contributed by atoms with E-state index in [1.807, 2.05) is 30.3 Å². The maximum absolute atomic E-state index is 5.91. The number of aromatic nitrogens is 1. The Morgan fingerprint density at radius 3 is 2.79 bits per heavy atom. The zero-order chi connectivity index (χ0) is 13.7. The molecule has 0 aliphatic rings. The number of rotatable bonds is 5. The van der Waals surface area contributed by atoms with Crippen molar-refractivity contribution in [2.75, 3.05) is 7.11 Å². The number of benzene rings is 1. The third-order valence-corrected chi connectivity index (χ3v) is 3.66. The molecule has 3 nitrogen and oxygen atoms in total. The summed E-state index contributed by atoms with van der Waals surface area (Å²) < 4.78 is 6.21. The first-order chi connectivity index (χ1) is 9.20. The summed E-state index contributed by atoms with van der Waals surface area (Å²) in [6.07, 6.45) is 1.72. The van der Waals surface area contributed by atoms with Crippen LogP contribution in [0.15, 0.2) is 41.0 Å². The highest BCUT2D eigenvalue weighted by atomic mass is 79.9. The maximum atomic E-state index is 5.91. The third-order valence-electron chi connectivity index (χ3n) is 2.69. The predicted octanol–water partition coefficient (Wildman–Crippen LogP) is 3.80. The fraction of sp³-hybridized carbons (Fsp3) is 0.214. The molecule has 2 aromatic rings. The molecule has 100 valence electrons. The molecule has 0 aliphatic heterocycles. The number of ether oxygens (including phenoxy) is 1. The number of hydrogen-bond donors (Lipinski definition) is 1. The smallest absolute Gasteiger partial charge is 0.217 e. The molecule has 1 aromatic carbocycles. The third kappa shape index (κ3) is 3.93. The first kappa shape index (κ1) is 14.3. The van der Waals surface area contributed by atoms with Gasteiger partial charge in [-0.2, -0.15) is 0 Å². The predicted molar refractivity (Wildman–Crippen MR) is 80.5 cm³/mol. The van der Waals surface area contributed by atoms with E-state index in [4.69, 9.17) is 16.3 Å². The molecule has 0 unspecified atom stereocenters. The fourth-order valence-corrected chi connectivity index (χ4v) is 2.56. The second-order valence-electron chi connectivity index (χ2n) is 4.01. The Hall–Kier alpha value is -1.10. The lowest BCUT2D eigenvalue weighted by Gasteiger charge is -2.09. The first-order valence-electron chi connectivity index (χ1n) is 5.83. The van der Waals surface area contributed by atoms with Crippen molar-refractivity contribution < 1.29 is 4.74 Å². The van der Waals surface area contributed by atoms with E-state index < -0.39 is 0 Å². The molecule has 0 aliphatic carbocycles. The van der Waals surface area contributed by atoms with Gasteiger partial charge >= 0.3 is 0 Å². The van der Waals surface area contributed by atoms with Crippen molar-refractivity contribution in [3.63, 3.8) is 0 Å². The summed E-state index contributed by atoms with van der Waals surface area (Å²) >= 11 is 9.41. The lowest BCUT2D eigenvalue weighted by Crippen LogP contribution is -2.14. The highest BCUT2D eigenvalue weighted by molar-refractivity contribution is 9.10. The van der Waals surface area contributed by atoms with Crippen molar-refractivity contribution in [1.29, 1.82) is 0 Å². The van der Waals surface area contributed by atoms with Gasteiger partial charge in [-0.15, -0.1) is 0 Å². The number of halogens is 2. The van der Waals surface area contributed by atoms with Crippen LogP contribution >= 0.6 is 27.5 Å². The number of hydrogen-bond acceptors (Lipinski definition) is 3. The minimum Gasteiger partial charge on any atom is -0.481 e. The number of pyridine rings is 1. The van der Waals surface area contributed by atoms with E-state index in [0.29, 0.717) is 12.4 Å². The highest BCUT2D eigenvalue weighted by Gasteiger charge is 2.04. The molecular formula is C14H14BrClN2O. The van der Waals surface area contributed by atoms with Gasteiger partial charge in [0.05, 0.1) is 7.11 Å². The molecule has 1 aromatic heterocycles. The van der Waals surface area contributed by atoms with E-state index in [-0.39, 0.29) is 0 Å². The molecule has 19 heavy (non-hydrogen) atoms. The molecule has 0 saturated carbocycles. The summed E-state index contributed by atoms with van der Waals surface area (Å²) in [5, 5.41) is 4.09. The zero-order valence-electron chi connectivity index (χ0n) is 10.5. The SMILES string of the molecule is COc1ncccc1CNCc1ccc(Cl)cc1Br. The van der Waals surface area contributed by atoms with E-state index >= 15 is 0 Å². The van der Waals surface area contributed by atoms with Crippen molar-refractivity contribution in [3.8, 4) is 5.88 Å². The van der Waals surface area contributed by atoms with Crippen LogP contribution in [0.5, 0.6) is 5.88 Å². The van der Waals surface area contributed by atoms with Gasteiger partial charge in [-0.05, 0) is 23.8 Å². The van der Waals surface area contributed by atoms with E-state index in [9.17, 15) is 0 Å². The van der Waals surface area contributed by atoms with Crippen LogP contribution in [0.1, 0.15) is 11.1 Å². The van der Waals surface area contributed by atoms with Crippen LogP contribution in [0, 0.1) is 0 Å². The van der Waals surface area contributed by atoms with Crippen LogP contribution in [0.3, 0.4) is 0 Å². The average molecular weight is 342 g/mol. The Bertz CT molecular complexity index is 563. The normalized spacial score (nSPS) is 10.5. The molecule has 0 atom stereocenters. The fourth-order valence-electron chi connectivity index (χ4n) is 1.74. The monoisotopic (exact) mass is 340 g/mol. The van der Waals surface area contributed by atoms with Gasteiger partial charge in [0, 0.05) is 34.3 Å². The Kier molecular flexibility index (Phi) is 5.19. The zero-order valence-corrected chi connectivity index (χ0v) is 12.8.